The summed E-state index contributed by atoms with van der Waals surface area (Å²) in [6, 6.07) is 16.8. The van der Waals surface area contributed by atoms with Gasteiger partial charge in [0.15, 0.2) is 0 Å². The highest BCUT2D eigenvalue weighted by Gasteiger charge is 2.20. The minimum absolute atomic E-state index is 0.0912. The van der Waals surface area contributed by atoms with E-state index in [1.807, 2.05) is 17.0 Å². The molecule has 1 amide bonds. The molecule has 1 saturated heterocycles. The Labute approximate surface area is 215 Å². The number of amides is 1. The lowest BCUT2D eigenvalue weighted by atomic mass is 10.1. The van der Waals surface area contributed by atoms with Gasteiger partial charge in [-0.1, -0.05) is 30.3 Å². The molecule has 2 aromatic carbocycles. The van der Waals surface area contributed by atoms with Crippen molar-refractivity contribution in [2.45, 2.75) is 26.3 Å². The molecule has 0 N–H and O–H groups in total. The molecule has 2 heterocycles. The molecule has 1 aliphatic heterocycles. The second kappa shape index (κ2) is 12.2. The van der Waals surface area contributed by atoms with Crippen molar-refractivity contribution in [1.29, 1.82) is 0 Å². The van der Waals surface area contributed by atoms with E-state index in [-0.39, 0.29) is 5.91 Å². The zero-order valence-electron chi connectivity index (χ0n) is 22.2. The molecule has 0 unspecified atom stereocenters. The SMILES string of the molecule is COc1ccc2c(c1)c(C=CC(=O)N1CCN(CCc3ccccc3)CC1)c(C)n2CCCN(C)C. The van der Waals surface area contributed by atoms with Gasteiger partial charge in [-0.2, -0.15) is 0 Å². The van der Waals surface area contributed by atoms with Gasteiger partial charge in [-0.25, -0.2) is 0 Å². The Bertz CT molecular complexity index is 1170. The monoisotopic (exact) mass is 488 g/mol. The largest absolute Gasteiger partial charge is 0.497 e. The summed E-state index contributed by atoms with van der Waals surface area (Å²) in [4.78, 5) is 19.7. The van der Waals surface area contributed by atoms with Gasteiger partial charge >= 0.3 is 0 Å². The van der Waals surface area contributed by atoms with Crippen LogP contribution in [0.3, 0.4) is 0 Å². The van der Waals surface area contributed by atoms with E-state index in [0.29, 0.717) is 0 Å². The number of rotatable bonds is 10. The molecule has 0 saturated carbocycles. The number of benzene rings is 2. The predicted octanol–water partition coefficient (Wildman–Crippen LogP) is 4.31. The first-order valence-electron chi connectivity index (χ1n) is 13.0. The highest BCUT2D eigenvalue weighted by Crippen LogP contribution is 2.30. The fourth-order valence-corrected chi connectivity index (χ4v) is 5.04. The van der Waals surface area contributed by atoms with E-state index in [4.69, 9.17) is 4.74 Å². The van der Waals surface area contributed by atoms with Crippen molar-refractivity contribution in [3.63, 3.8) is 0 Å². The van der Waals surface area contributed by atoms with Crippen LogP contribution >= 0.6 is 0 Å². The summed E-state index contributed by atoms with van der Waals surface area (Å²) in [5, 5.41) is 1.13. The van der Waals surface area contributed by atoms with E-state index in [0.717, 1.165) is 75.4 Å². The lowest BCUT2D eigenvalue weighted by Gasteiger charge is -2.34. The molecule has 0 aliphatic carbocycles. The molecule has 1 aromatic heterocycles. The lowest BCUT2D eigenvalue weighted by molar-refractivity contribution is -0.127. The van der Waals surface area contributed by atoms with Gasteiger partial charge < -0.3 is 19.1 Å². The Balaban J connectivity index is 1.41. The summed E-state index contributed by atoms with van der Waals surface area (Å²) in [5.41, 5.74) is 4.84. The first kappa shape index (κ1) is 26.0. The Morgan fingerprint density at radius 1 is 1.03 bits per heavy atom. The maximum Gasteiger partial charge on any atom is 0.246 e. The second-order valence-corrected chi connectivity index (χ2v) is 9.93. The van der Waals surface area contributed by atoms with Crippen LogP contribution < -0.4 is 4.74 Å². The van der Waals surface area contributed by atoms with Crippen LogP contribution in [0.1, 0.15) is 23.2 Å². The van der Waals surface area contributed by atoms with Gasteiger partial charge in [0, 0.05) is 67.5 Å². The fraction of sp³-hybridized carbons (Fsp3) is 0.433. The molecule has 0 atom stereocenters. The van der Waals surface area contributed by atoms with Gasteiger partial charge in [0.25, 0.3) is 0 Å². The van der Waals surface area contributed by atoms with Crippen molar-refractivity contribution < 1.29 is 9.53 Å². The Morgan fingerprint density at radius 3 is 2.47 bits per heavy atom. The molecule has 1 aliphatic rings. The molecule has 0 bridgehead atoms. The minimum Gasteiger partial charge on any atom is -0.497 e. The molecule has 4 rings (SSSR count). The standard InChI is InChI=1S/C30H40N4O2/c1-24-27(28-23-26(36-4)11-13-29(28)34(24)17-8-16-31(2)3)12-14-30(35)33-21-19-32(20-22-33)18-15-25-9-6-5-7-10-25/h5-7,9-14,23H,8,15-22H2,1-4H3. The van der Waals surface area contributed by atoms with E-state index in [1.54, 1.807) is 13.2 Å². The number of methoxy groups -OCH3 is 1. The number of hydrogen-bond donors (Lipinski definition) is 0. The van der Waals surface area contributed by atoms with E-state index in [2.05, 4.69) is 77.9 Å². The van der Waals surface area contributed by atoms with Crippen LogP contribution in [-0.2, 0) is 17.8 Å². The van der Waals surface area contributed by atoms with Gasteiger partial charge in [0.2, 0.25) is 5.91 Å². The van der Waals surface area contributed by atoms with Crippen LogP contribution in [0.15, 0.2) is 54.6 Å². The molecular weight excluding hydrogens is 448 g/mol. The van der Waals surface area contributed by atoms with Crippen LogP contribution in [0, 0.1) is 6.92 Å². The molecule has 3 aromatic rings. The van der Waals surface area contributed by atoms with E-state index in [1.165, 1.54) is 16.8 Å². The highest BCUT2D eigenvalue weighted by molar-refractivity contribution is 5.98. The predicted molar refractivity (Wildman–Crippen MR) is 149 cm³/mol. The average Bonchev–Trinajstić information content (AvgIpc) is 3.16. The number of nitrogens with zero attached hydrogens (tertiary/aromatic N) is 4. The van der Waals surface area contributed by atoms with Crippen LogP contribution in [0.25, 0.3) is 17.0 Å². The number of piperazine rings is 1. The summed E-state index contributed by atoms with van der Waals surface area (Å²) in [6.45, 7) is 8.57. The van der Waals surface area contributed by atoms with Gasteiger partial charge in [-0.05, 0) is 70.2 Å². The van der Waals surface area contributed by atoms with Crippen molar-refractivity contribution in [3.05, 3.63) is 71.4 Å². The zero-order chi connectivity index (χ0) is 25.5. The number of carbonyl (C=O) groups is 1. The molecule has 36 heavy (non-hydrogen) atoms. The Hall–Kier alpha value is -3.09. The topological polar surface area (TPSA) is 41.0 Å². The zero-order valence-corrected chi connectivity index (χ0v) is 22.2. The van der Waals surface area contributed by atoms with Crippen LogP contribution in [-0.4, -0.2) is 85.6 Å². The molecule has 0 spiro atoms. The lowest BCUT2D eigenvalue weighted by Crippen LogP contribution is -2.48. The van der Waals surface area contributed by atoms with Crippen LogP contribution in [0.4, 0.5) is 0 Å². The minimum atomic E-state index is 0.0912. The van der Waals surface area contributed by atoms with Crippen molar-refractivity contribution in [1.82, 2.24) is 19.3 Å². The first-order valence-corrected chi connectivity index (χ1v) is 13.0. The van der Waals surface area contributed by atoms with Gasteiger partial charge in [0.1, 0.15) is 5.75 Å². The number of carbonyl (C=O) groups excluding carboxylic acids is 1. The molecular formula is C30H40N4O2. The maximum atomic E-state index is 13.1. The van der Waals surface area contributed by atoms with Crippen molar-refractivity contribution in [2.75, 3.05) is 60.5 Å². The number of aromatic nitrogens is 1. The summed E-state index contributed by atoms with van der Waals surface area (Å²) in [5.74, 6) is 0.925. The van der Waals surface area contributed by atoms with E-state index < -0.39 is 0 Å². The van der Waals surface area contributed by atoms with Gasteiger partial charge in [-0.15, -0.1) is 0 Å². The molecule has 6 nitrogen and oxygen atoms in total. The average molecular weight is 489 g/mol. The van der Waals surface area contributed by atoms with Gasteiger partial charge in [0.05, 0.1) is 7.11 Å². The van der Waals surface area contributed by atoms with Crippen LogP contribution in [0.2, 0.25) is 0 Å². The van der Waals surface area contributed by atoms with Gasteiger partial charge in [-0.3, -0.25) is 9.69 Å². The first-order chi connectivity index (χ1) is 17.5. The number of fused-ring (bicyclic) bond motifs is 1. The normalized spacial score (nSPS) is 14.9. The summed E-state index contributed by atoms with van der Waals surface area (Å²) in [6.07, 6.45) is 5.88. The Kier molecular flexibility index (Phi) is 8.83. The smallest absolute Gasteiger partial charge is 0.246 e. The quantitative estimate of drug-likeness (QED) is 0.399. The van der Waals surface area contributed by atoms with E-state index in [9.17, 15) is 4.79 Å². The fourth-order valence-electron chi connectivity index (χ4n) is 5.04. The Morgan fingerprint density at radius 2 is 1.78 bits per heavy atom. The third kappa shape index (κ3) is 6.37. The number of aryl methyl sites for hydroxylation is 1. The van der Waals surface area contributed by atoms with Crippen molar-refractivity contribution in [3.8, 4) is 5.75 Å². The second-order valence-electron chi connectivity index (χ2n) is 9.93. The highest BCUT2D eigenvalue weighted by atomic mass is 16.5. The molecule has 1 fully saturated rings. The summed E-state index contributed by atoms with van der Waals surface area (Å²) in [7, 11) is 5.91. The van der Waals surface area contributed by atoms with Crippen LogP contribution in [0.5, 0.6) is 5.75 Å². The maximum absolute atomic E-state index is 13.1. The van der Waals surface area contributed by atoms with Crippen molar-refractivity contribution in [2.24, 2.45) is 0 Å². The molecule has 192 valence electrons. The molecule has 0 radical (unpaired) electrons. The van der Waals surface area contributed by atoms with Crippen molar-refractivity contribution >= 4 is 22.9 Å². The number of ether oxygens (including phenoxy) is 1. The third-order valence-electron chi connectivity index (χ3n) is 7.20. The molecule has 6 heteroatoms. The third-order valence-corrected chi connectivity index (χ3v) is 7.20. The number of hydrogen-bond acceptors (Lipinski definition) is 4. The summed E-state index contributed by atoms with van der Waals surface area (Å²) < 4.78 is 7.87. The van der Waals surface area contributed by atoms with E-state index >= 15 is 0 Å². The summed E-state index contributed by atoms with van der Waals surface area (Å²) >= 11 is 0.